The first-order valence-electron chi connectivity index (χ1n) is 6.73. The molecule has 1 amide bonds. The third-order valence-corrected chi connectivity index (χ3v) is 3.17. The predicted octanol–water partition coefficient (Wildman–Crippen LogP) is 0.643. The Morgan fingerprint density at radius 3 is 3.05 bits per heavy atom. The van der Waals surface area contributed by atoms with Crippen LogP contribution in [0.15, 0.2) is 18.3 Å². The van der Waals surface area contributed by atoms with E-state index in [4.69, 9.17) is 10.5 Å². The van der Waals surface area contributed by atoms with Crippen molar-refractivity contribution in [3.8, 4) is 11.8 Å². The number of ether oxygens (including phenoxy) is 1. The molecule has 106 valence electrons. The van der Waals surface area contributed by atoms with Gasteiger partial charge < -0.3 is 15.4 Å². The lowest BCUT2D eigenvalue weighted by Gasteiger charge is -2.20. The second-order valence-electron chi connectivity index (χ2n) is 4.76. The number of aromatic nitrogens is 1. The number of carbonyl (C=O) groups excluding carboxylic acids is 1. The van der Waals surface area contributed by atoms with Crippen molar-refractivity contribution in [1.82, 2.24) is 9.88 Å². The van der Waals surface area contributed by atoms with Crippen LogP contribution in [0.5, 0.6) is 0 Å². The number of hydrogen-bond donors (Lipinski definition) is 1. The molecule has 0 aliphatic carbocycles. The molecule has 5 nitrogen and oxygen atoms in total. The number of pyridine rings is 1. The highest BCUT2D eigenvalue weighted by atomic mass is 16.5. The van der Waals surface area contributed by atoms with E-state index in [1.165, 1.54) is 0 Å². The molecule has 0 saturated carbocycles. The third-order valence-electron chi connectivity index (χ3n) is 3.17. The Labute approximate surface area is 119 Å². The molecule has 0 spiro atoms. The largest absolute Gasteiger partial charge is 0.376 e. The zero-order valence-electron chi connectivity index (χ0n) is 11.6. The first-order chi connectivity index (χ1) is 9.70. The maximum absolute atomic E-state index is 12.2. The van der Waals surface area contributed by atoms with Crippen LogP contribution in [0.1, 0.15) is 28.9 Å². The van der Waals surface area contributed by atoms with Crippen molar-refractivity contribution in [2.75, 3.05) is 26.7 Å². The molecule has 1 unspecified atom stereocenters. The molecule has 1 aliphatic heterocycles. The summed E-state index contributed by atoms with van der Waals surface area (Å²) in [6.07, 6.45) is 3.83. The molecule has 2 heterocycles. The molecular formula is C15H19N3O2. The van der Waals surface area contributed by atoms with Crippen LogP contribution in [0.25, 0.3) is 0 Å². The van der Waals surface area contributed by atoms with Gasteiger partial charge in [-0.1, -0.05) is 11.8 Å². The minimum absolute atomic E-state index is 0.0983. The second-order valence-corrected chi connectivity index (χ2v) is 4.76. The van der Waals surface area contributed by atoms with E-state index in [-0.39, 0.29) is 12.0 Å². The number of carbonyl (C=O) groups is 1. The van der Waals surface area contributed by atoms with Gasteiger partial charge in [-0.3, -0.25) is 4.79 Å². The summed E-state index contributed by atoms with van der Waals surface area (Å²) in [6.45, 7) is 1.71. The summed E-state index contributed by atoms with van der Waals surface area (Å²) in [5, 5.41) is 0. The smallest absolute Gasteiger partial charge is 0.272 e. The van der Waals surface area contributed by atoms with Crippen molar-refractivity contribution in [3.63, 3.8) is 0 Å². The summed E-state index contributed by atoms with van der Waals surface area (Å²) in [4.78, 5) is 18.0. The van der Waals surface area contributed by atoms with Crippen molar-refractivity contribution in [1.29, 1.82) is 0 Å². The van der Waals surface area contributed by atoms with Gasteiger partial charge in [0.25, 0.3) is 5.91 Å². The highest BCUT2D eigenvalue weighted by molar-refractivity contribution is 5.92. The molecule has 20 heavy (non-hydrogen) atoms. The summed E-state index contributed by atoms with van der Waals surface area (Å²) in [5.41, 5.74) is 6.48. The molecule has 1 aliphatic rings. The minimum Gasteiger partial charge on any atom is -0.376 e. The minimum atomic E-state index is -0.0983. The van der Waals surface area contributed by atoms with E-state index in [1.54, 1.807) is 30.3 Å². The SMILES string of the molecule is CN(CC1CCCO1)C(=O)c1ccc(C#CCN)cn1. The van der Waals surface area contributed by atoms with Crippen LogP contribution in [-0.2, 0) is 4.74 Å². The third kappa shape index (κ3) is 3.80. The number of amides is 1. The molecule has 1 fully saturated rings. The average Bonchev–Trinajstić information content (AvgIpc) is 2.97. The van der Waals surface area contributed by atoms with Crippen molar-refractivity contribution in [2.24, 2.45) is 5.73 Å². The Balaban J connectivity index is 1.97. The summed E-state index contributed by atoms with van der Waals surface area (Å²) in [7, 11) is 1.77. The van der Waals surface area contributed by atoms with Gasteiger partial charge in [-0.15, -0.1) is 0 Å². The van der Waals surface area contributed by atoms with Gasteiger partial charge in [0.05, 0.1) is 12.6 Å². The van der Waals surface area contributed by atoms with E-state index >= 15 is 0 Å². The summed E-state index contributed by atoms with van der Waals surface area (Å²) in [6, 6.07) is 3.47. The van der Waals surface area contributed by atoms with Gasteiger partial charge in [-0.2, -0.15) is 0 Å². The second kappa shape index (κ2) is 7.04. The Morgan fingerprint density at radius 2 is 2.45 bits per heavy atom. The topological polar surface area (TPSA) is 68.5 Å². The molecule has 0 aromatic carbocycles. The molecule has 1 atom stereocenters. The summed E-state index contributed by atoms with van der Waals surface area (Å²) < 4.78 is 5.53. The fourth-order valence-electron chi connectivity index (χ4n) is 2.12. The normalized spacial score (nSPS) is 17.4. The zero-order chi connectivity index (χ0) is 14.4. The van der Waals surface area contributed by atoms with Gasteiger partial charge in [0.15, 0.2) is 0 Å². The Kier molecular flexibility index (Phi) is 5.10. The van der Waals surface area contributed by atoms with Gasteiger partial charge in [0, 0.05) is 32.0 Å². The van der Waals surface area contributed by atoms with Gasteiger partial charge in [0.2, 0.25) is 0 Å². The fourth-order valence-corrected chi connectivity index (χ4v) is 2.12. The standard InChI is InChI=1S/C15H19N3O2/c1-18(11-13-5-3-9-20-13)15(19)14-7-6-12(10-17-14)4-2-8-16/h6-7,10,13H,3,5,8-9,11,16H2,1H3. The highest BCUT2D eigenvalue weighted by Crippen LogP contribution is 2.13. The number of nitrogens with two attached hydrogens (primary N) is 1. The van der Waals surface area contributed by atoms with Crippen molar-refractivity contribution in [2.45, 2.75) is 18.9 Å². The van der Waals surface area contributed by atoms with Crippen LogP contribution in [0, 0.1) is 11.8 Å². The molecular weight excluding hydrogens is 254 g/mol. The number of rotatable bonds is 3. The lowest BCUT2D eigenvalue weighted by atomic mass is 10.2. The molecule has 2 N–H and O–H groups in total. The lowest BCUT2D eigenvalue weighted by molar-refractivity contribution is 0.0583. The quantitative estimate of drug-likeness (QED) is 0.821. The first-order valence-corrected chi connectivity index (χ1v) is 6.73. The lowest BCUT2D eigenvalue weighted by Crippen LogP contribution is -2.34. The Hall–Kier alpha value is -1.90. The van der Waals surface area contributed by atoms with Crippen LogP contribution in [0.3, 0.4) is 0 Å². The molecule has 0 radical (unpaired) electrons. The van der Waals surface area contributed by atoms with Gasteiger partial charge >= 0.3 is 0 Å². The van der Waals surface area contributed by atoms with E-state index in [1.807, 2.05) is 0 Å². The average molecular weight is 273 g/mol. The van der Waals surface area contributed by atoms with Gasteiger partial charge in [0.1, 0.15) is 5.69 Å². The molecule has 2 rings (SSSR count). The monoisotopic (exact) mass is 273 g/mol. The van der Waals surface area contributed by atoms with Crippen molar-refractivity contribution < 1.29 is 9.53 Å². The van der Waals surface area contributed by atoms with E-state index in [0.717, 1.165) is 25.0 Å². The molecule has 0 bridgehead atoms. The van der Waals surface area contributed by atoms with Crippen LogP contribution >= 0.6 is 0 Å². The maximum atomic E-state index is 12.2. The van der Waals surface area contributed by atoms with Crippen LogP contribution in [0.2, 0.25) is 0 Å². The molecule has 1 saturated heterocycles. The van der Waals surface area contributed by atoms with Crippen LogP contribution < -0.4 is 5.73 Å². The van der Waals surface area contributed by atoms with Gasteiger partial charge in [-0.25, -0.2) is 4.98 Å². The predicted molar refractivity (Wildman–Crippen MR) is 76.1 cm³/mol. The van der Waals surface area contributed by atoms with Crippen LogP contribution in [-0.4, -0.2) is 48.6 Å². The van der Waals surface area contributed by atoms with E-state index in [2.05, 4.69) is 16.8 Å². The van der Waals surface area contributed by atoms with Crippen molar-refractivity contribution in [3.05, 3.63) is 29.6 Å². The van der Waals surface area contributed by atoms with E-state index in [0.29, 0.717) is 18.8 Å². The zero-order valence-corrected chi connectivity index (χ0v) is 11.6. The number of nitrogens with zero attached hydrogens (tertiary/aromatic N) is 2. The fraction of sp³-hybridized carbons (Fsp3) is 0.467. The number of hydrogen-bond acceptors (Lipinski definition) is 4. The van der Waals surface area contributed by atoms with Crippen molar-refractivity contribution >= 4 is 5.91 Å². The number of likely N-dealkylation sites (N-methyl/N-ethyl adjacent to an activating group) is 1. The van der Waals surface area contributed by atoms with E-state index in [9.17, 15) is 4.79 Å². The maximum Gasteiger partial charge on any atom is 0.272 e. The molecule has 1 aromatic rings. The Morgan fingerprint density at radius 1 is 1.60 bits per heavy atom. The van der Waals surface area contributed by atoms with Crippen LogP contribution in [0.4, 0.5) is 0 Å². The summed E-state index contributed by atoms with van der Waals surface area (Å²) >= 11 is 0. The highest BCUT2D eigenvalue weighted by Gasteiger charge is 2.21. The first kappa shape index (κ1) is 14.5. The van der Waals surface area contributed by atoms with E-state index < -0.39 is 0 Å². The molecule has 5 heteroatoms. The summed E-state index contributed by atoms with van der Waals surface area (Å²) in [5.74, 6) is 5.53. The molecule has 1 aromatic heterocycles. The Bertz CT molecular complexity index is 510. The van der Waals surface area contributed by atoms with Gasteiger partial charge in [-0.05, 0) is 25.0 Å².